The average molecular weight is 375 g/mol. The molecular weight excluding hydrogens is 354 g/mol. The van der Waals surface area contributed by atoms with Gasteiger partial charge in [-0.15, -0.1) is 0 Å². The molecule has 0 spiro atoms. The standard InChI is InChI=1S/C21H21N5O2/c27-19-12-16(14-26(19)11-9-15-6-2-1-3-7-15)21(28)25-18-13-23-20(24-18)17-8-4-5-10-22-17/h1-8,10,13,16H,9,11-12,14H2,(H,23,24)(H,25,28). The van der Waals surface area contributed by atoms with E-state index in [0.717, 1.165) is 6.42 Å². The molecule has 7 heteroatoms. The molecule has 7 nitrogen and oxygen atoms in total. The zero-order valence-corrected chi connectivity index (χ0v) is 15.3. The Morgan fingerprint density at radius 3 is 2.75 bits per heavy atom. The van der Waals surface area contributed by atoms with Crippen LogP contribution in [0.5, 0.6) is 0 Å². The van der Waals surface area contributed by atoms with Crippen molar-refractivity contribution in [3.63, 3.8) is 0 Å². The Balaban J connectivity index is 1.33. The summed E-state index contributed by atoms with van der Waals surface area (Å²) in [6, 6.07) is 15.6. The van der Waals surface area contributed by atoms with E-state index < -0.39 is 0 Å². The van der Waals surface area contributed by atoms with Gasteiger partial charge in [-0.3, -0.25) is 14.6 Å². The molecule has 0 aliphatic carbocycles. The number of amides is 2. The van der Waals surface area contributed by atoms with Crippen molar-refractivity contribution in [1.29, 1.82) is 0 Å². The van der Waals surface area contributed by atoms with Crippen LogP contribution in [0, 0.1) is 5.92 Å². The number of likely N-dealkylation sites (tertiary alicyclic amines) is 1. The molecule has 1 aliphatic heterocycles. The van der Waals surface area contributed by atoms with Crippen molar-refractivity contribution >= 4 is 17.6 Å². The van der Waals surface area contributed by atoms with Gasteiger partial charge in [0.2, 0.25) is 11.8 Å². The molecule has 2 aromatic heterocycles. The summed E-state index contributed by atoms with van der Waals surface area (Å²) >= 11 is 0. The molecule has 142 valence electrons. The molecule has 28 heavy (non-hydrogen) atoms. The van der Waals surface area contributed by atoms with Crippen molar-refractivity contribution < 1.29 is 9.59 Å². The number of aromatic amines is 1. The molecule has 1 atom stereocenters. The van der Waals surface area contributed by atoms with E-state index in [1.54, 1.807) is 17.3 Å². The normalized spacial score (nSPS) is 16.4. The van der Waals surface area contributed by atoms with E-state index >= 15 is 0 Å². The van der Waals surface area contributed by atoms with Crippen molar-refractivity contribution in [2.45, 2.75) is 12.8 Å². The second-order valence-corrected chi connectivity index (χ2v) is 6.83. The Labute approximate surface area is 162 Å². The lowest BCUT2D eigenvalue weighted by atomic mass is 10.1. The first-order chi connectivity index (χ1) is 13.7. The van der Waals surface area contributed by atoms with Gasteiger partial charge in [-0.05, 0) is 24.1 Å². The van der Waals surface area contributed by atoms with Gasteiger partial charge in [0.15, 0.2) is 5.82 Å². The van der Waals surface area contributed by atoms with Crippen LogP contribution >= 0.6 is 0 Å². The molecule has 2 N–H and O–H groups in total. The topological polar surface area (TPSA) is 91.0 Å². The van der Waals surface area contributed by atoms with E-state index in [2.05, 4.69) is 20.3 Å². The molecule has 1 aromatic carbocycles. The fourth-order valence-corrected chi connectivity index (χ4v) is 3.33. The van der Waals surface area contributed by atoms with Gasteiger partial charge < -0.3 is 15.2 Å². The van der Waals surface area contributed by atoms with Gasteiger partial charge in [-0.25, -0.2) is 4.98 Å². The van der Waals surface area contributed by atoms with Crippen LogP contribution in [0.1, 0.15) is 12.0 Å². The van der Waals surface area contributed by atoms with Crippen LogP contribution in [-0.4, -0.2) is 44.8 Å². The molecule has 0 saturated carbocycles. The number of hydrogen-bond acceptors (Lipinski definition) is 4. The summed E-state index contributed by atoms with van der Waals surface area (Å²) in [6.45, 7) is 1.07. The van der Waals surface area contributed by atoms with Crippen molar-refractivity contribution in [1.82, 2.24) is 19.9 Å². The van der Waals surface area contributed by atoms with E-state index in [1.807, 2.05) is 48.5 Å². The highest BCUT2D eigenvalue weighted by atomic mass is 16.2. The summed E-state index contributed by atoms with van der Waals surface area (Å²) in [4.78, 5) is 38.1. The fourth-order valence-electron chi connectivity index (χ4n) is 3.33. The van der Waals surface area contributed by atoms with Crippen LogP contribution in [-0.2, 0) is 16.0 Å². The monoisotopic (exact) mass is 375 g/mol. The molecule has 0 bridgehead atoms. The van der Waals surface area contributed by atoms with Gasteiger partial charge in [0.1, 0.15) is 11.5 Å². The Morgan fingerprint density at radius 1 is 1.14 bits per heavy atom. The number of nitrogens with zero attached hydrogens (tertiary/aromatic N) is 3. The van der Waals surface area contributed by atoms with E-state index in [4.69, 9.17) is 0 Å². The molecule has 0 radical (unpaired) electrons. The summed E-state index contributed by atoms with van der Waals surface area (Å²) < 4.78 is 0. The van der Waals surface area contributed by atoms with Crippen LogP contribution < -0.4 is 5.32 Å². The maximum absolute atomic E-state index is 12.6. The summed E-state index contributed by atoms with van der Waals surface area (Å²) in [5, 5.41) is 2.83. The lowest BCUT2D eigenvalue weighted by molar-refractivity contribution is -0.128. The Bertz CT molecular complexity index is 955. The molecule has 1 unspecified atom stereocenters. The Morgan fingerprint density at radius 2 is 1.96 bits per heavy atom. The maximum Gasteiger partial charge on any atom is 0.230 e. The highest BCUT2D eigenvalue weighted by Gasteiger charge is 2.34. The second-order valence-electron chi connectivity index (χ2n) is 6.83. The lowest BCUT2D eigenvalue weighted by Crippen LogP contribution is -2.30. The molecule has 1 aliphatic rings. The number of benzene rings is 1. The minimum atomic E-state index is -0.357. The third-order valence-electron chi connectivity index (χ3n) is 4.84. The van der Waals surface area contributed by atoms with Gasteiger partial charge in [0, 0.05) is 25.7 Å². The van der Waals surface area contributed by atoms with Crippen LogP contribution in [0.2, 0.25) is 0 Å². The summed E-state index contributed by atoms with van der Waals surface area (Å²) in [5.74, 6) is 0.579. The van der Waals surface area contributed by atoms with E-state index in [9.17, 15) is 9.59 Å². The fraction of sp³-hybridized carbons (Fsp3) is 0.238. The van der Waals surface area contributed by atoms with E-state index in [0.29, 0.717) is 30.4 Å². The van der Waals surface area contributed by atoms with E-state index in [1.165, 1.54) is 5.56 Å². The largest absolute Gasteiger partial charge is 0.342 e. The van der Waals surface area contributed by atoms with Gasteiger partial charge in [0.05, 0.1) is 12.1 Å². The third-order valence-corrected chi connectivity index (χ3v) is 4.84. The summed E-state index contributed by atoms with van der Waals surface area (Å²) in [5.41, 5.74) is 1.88. The van der Waals surface area contributed by atoms with Crippen molar-refractivity contribution in [3.8, 4) is 11.5 Å². The molecule has 1 fully saturated rings. The number of pyridine rings is 1. The number of carbonyl (C=O) groups excluding carboxylic acids is 2. The van der Waals surface area contributed by atoms with Gasteiger partial charge in [0.25, 0.3) is 0 Å². The van der Waals surface area contributed by atoms with Crippen LogP contribution in [0.15, 0.2) is 60.9 Å². The molecular formula is C21H21N5O2. The first-order valence-corrected chi connectivity index (χ1v) is 9.28. The smallest absolute Gasteiger partial charge is 0.230 e. The average Bonchev–Trinajstić information content (AvgIpc) is 3.34. The summed E-state index contributed by atoms with van der Waals surface area (Å²) in [7, 11) is 0. The summed E-state index contributed by atoms with van der Waals surface area (Å²) in [6.07, 6.45) is 4.27. The molecule has 4 rings (SSSR count). The SMILES string of the molecule is O=C(Nc1cnc(-c2ccccn2)[nH]1)C1CC(=O)N(CCc2ccccc2)C1. The van der Waals surface area contributed by atoms with Gasteiger partial charge in [-0.2, -0.15) is 0 Å². The number of nitrogens with one attached hydrogen (secondary N) is 2. The Hall–Kier alpha value is -3.48. The minimum Gasteiger partial charge on any atom is -0.342 e. The van der Waals surface area contributed by atoms with Crippen molar-refractivity contribution in [2.75, 3.05) is 18.4 Å². The zero-order valence-electron chi connectivity index (χ0n) is 15.3. The Kier molecular flexibility index (Phi) is 5.14. The maximum atomic E-state index is 12.6. The van der Waals surface area contributed by atoms with Crippen LogP contribution in [0.25, 0.3) is 11.5 Å². The molecule has 2 amide bonds. The number of H-pyrrole nitrogens is 1. The first-order valence-electron chi connectivity index (χ1n) is 9.28. The number of aromatic nitrogens is 3. The molecule has 3 heterocycles. The number of imidazole rings is 1. The highest BCUT2D eigenvalue weighted by molar-refractivity contribution is 5.96. The number of carbonyl (C=O) groups is 2. The lowest BCUT2D eigenvalue weighted by Gasteiger charge is -2.16. The second kappa shape index (κ2) is 8.04. The predicted molar refractivity (Wildman–Crippen MR) is 105 cm³/mol. The molecule has 1 saturated heterocycles. The van der Waals surface area contributed by atoms with Crippen molar-refractivity contribution in [2.24, 2.45) is 5.92 Å². The number of hydrogen-bond donors (Lipinski definition) is 2. The van der Waals surface area contributed by atoms with E-state index in [-0.39, 0.29) is 24.2 Å². The predicted octanol–water partition coefficient (Wildman–Crippen LogP) is 2.50. The van der Waals surface area contributed by atoms with Gasteiger partial charge in [-0.1, -0.05) is 36.4 Å². The highest BCUT2D eigenvalue weighted by Crippen LogP contribution is 2.21. The van der Waals surface area contributed by atoms with Crippen LogP contribution in [0.3, 0.4) is 0 Å². The van der Waals surface area contributed by atoms with Gasteiger partial charge >= 0.3 is 0 Å². The quantitative estimate of drug-likeness (QED) is 0.693. The van der Waals surface area contributed by atoms with Crippen LogP contribution in [0.4, 0.5) is 5.82 Å². The number of rotatable bonds is 6. The van der Waals surface area contributed by atoms with Crippen molar-refractivity contribution in [3.05, 3.63) is 66.5 Å². The minimum absolute atomic E-state index is 0.0230. The zero-order chi connectivity index (χ0) is 19.3. The first kappa shape index (κ1) is 17.9. The number of anilines is 1. The molecule has 3 aromatic rings. The third kappa shape index (κ3) is 4.09.